The Morgan fingerprint density at radius 1 is 0.750 bits per heavy atom. The van der Waals surface area contributed by atoms with Gasteiger partial charge in [-0.15, -0.1) is 0 Å². The fraction of sp³-hybridized carbons (Fsp3) is 0.472. The molecule has 4 rings (SSSR count). The molecule has 0 radical (unpaired) electrons. The molecule has 0 bridgehead atoms. The number of rotatable bonds is 10. The summed E-state index contributed by atoms with van der Waals surface area (Å²) in [6, 6.07) is 20.5. The number of hydrogen-bond acceptors (Lipinski definition) is 3. The number of benzene rings is 3. The first-order valence-electron chi connectivity index (χ1n) is 15.6. The average Bonchev–Trinajstić information content (AvgIpc) is 2.91. The topological polar surface area (TPSA) is 38.8 Å². The van der Waals surface area contributed by atoms with Gasteiger partial charge in [0.15, 0.2) is 8.32 Å². The van der Waals surface area contributed by atoms with Crippen LogP contribution in [0.2, 0.25) is 36.3 Å². The molecule has 1 amide bonds. The van der Waals surface area contributed by atoms with Gasteiger partial charge in [-0.2, -0.15) is 0 Å². The van der Waals surface area contributed by atoms with E-state index in [-0.39, 0.29) is 45.7 Å². The summed E-state index contributed by atoms with van der Waals surface area (Å²) in [5.74, 6) is -0.0709. The van der Waals surface area contributed by atoms with E-state index < -0.39 is 16.6 Å². The van der Waals surface area contributed by atoms with Crippen LogP contribution in [0.3, 0.4) is 0 Å². The van der Waals surface area contributed by atoms with E-state index in [4.69, 9.17) is 8.85 Å². The fourth-order valence-corrected chi connectivity index (χ4v) is 7.47. The SMILES string of the molecule is CC(C)(C)[Si](C)(C)Oc1ccc([C@@H]2[C@@H](CC[C@H](O[Si](C)(C)C(C)(C)C)c3ccc(F)cc3)C(=O)N2c2ccc(F)cc2)cc1. The molecule has 8 heteroatoms. The molecule has 1 saturated heterocycles. The molecule has 1 heterocycles. The molecule has 0 aliphatic carbocycles. The van der Waals surface area contributed by atoms with Crippen LogP contribution in [-0.2, 0) is 9.22 Å². The van der Waals surface area contributed by atoms with Gasteiger partial charge in [0.1, 0.15) is 17.4 Å². The van der Waals surface area contributed by atoms with Crippen molar-refractivity contribution in [2.75, 3.05) is 4.90 Å². The lowest BCUT2D eigenvalue weighted by atomic mass is 9.78. The van der Waals surface area contributed by atoms with Crippen molar-refractivity contribution in [3.05, 3.63) is 95.6 Å². The second-order valence-electron chi connectivity index (χ2n) is 15.2. The van der Waals surface area contributed by atoms with Crippen LogP contribution in [0.4, 0.5) is 14.5 Å². The quantitative estimate of drug-likeness (QED) is 0.164. The van der Waals surface area contributed by atoms with Gasteiger partial charge in [-0.25, -0.2) is 8.78 Å². The van der Waals surface area contributed by atoms with E-state index in [2.05, 4.69) is 67.7 Å². The van der Waals surface area contributed by atoms with E-state index in [1.54, 1.807) is 29.2 Å². The highest BCUT2D eigenvalue weighted by atomic mass is 28.4. The van der Waals surface area contributed by atoms with E-state index in [1.165, 1.54) is 24.3 Å². The summed E-state index contributed by atoms with van der Waals surface area (Å²) in [6.45, 7) is 22.1. The highest BCUT2D eigenvalue weighted by Crippen LogP contribution is 2.48. The summed E-state index contributed by atoms with van der Waals surface area (Å²) in [5, 5.41) is 0.0673. The molecule has 0 N–H and O–H groups in total. The van der Waals surface area contributed by atoms with Crippen molar-refractivity contribution in [1.29, 1.82) is 0 Å². The third kappa shape index (κ3) is 7.35. The van der Waals surface area contributed by atoms with Crippen molar-refractivity contribution in [3.8, 4) is 5.75 Å². The number of carbonyl (C=O) groups is 1. The van der Waals surface area contributed by atoms with Gasteiger partial charge in [-0.05, 0) is 109 Å². The molecule has 238 valence electrons. The third-order valence-electron chi connectivity index (χ3n) is 9.94. The van der Waals surface area contributed by atoms with Gasteiger partial charge >= 0.3 is 0 Å². The molecule has 0 spiro atoms. The Hall–Kier alpha value is -2.82. The molecule has 3 aromatic rings. The minimum absolute atomic E-state index is 0.00623. The summed E-state index contributed by atoms with van der Waals surface area (Å²) in [4.78, 5) is 15.5. The predicted octanol–water partition coefficient (Wildman–Crippen LogP) is 10.6. The number of halogens is 2. The Bertz CT molecular complexity index is 1430. The van der Waals surface area contributed by atoms with Crippen molar-refractivity contribution in [2.24, 2.45) is 5.92 Å². The van der Waals surface area contributed by atoms with E-state index >= 15 is 0 Å². The minimum Gasteiger partial charge on any atom is -0.544 e. The van der Waals surface area contributed by atoms with E-state index in [0.29, 0.717) is 18.5 Å². The first-order valence-corrected chi connectivity index (χ1v) is 21.4. The van der Waals surface area contributed by atoms with Gasteiger partial charge in [0.25, 0.3) is 0 Å². The summed E-state index contributed by atoms with van der Waals surface area (Å²) < 4.78 is 41.0. The lowest BCUT2D eigenvalue weighted by Crippen LogP contribution is -2.55. The molecular formula is C36H49F2NO3Si2. The second kappa shape index (κ2) is 12.5. The normalized spacial score (nSPS) is 18.6. The third-order valence-corrected chi connectivity index (χ3v) is 18.8. The second-order valence-corrected chi connectivity index (χ2v) is 24.6. The van der Waals surface area contributed by atoms with Crippen LogP contribution in [0.15, 0.2) is 72.8 Å². The zero-order chi connectivity index (χ0) is 32.7. The molecule has 0 aromatic heterocycles. The lowest BCUT2D eigenvalue weighted by Gasteiger charge is -2.48. The summed E-state index contributed by atoms with van der Waals surface area (Å²) in [5.41, 5.74) is 2.60. The van der Waals surface area contributed by atoms with Crippen LogP contribution in [0.25, 0.3) is 0 Å². The maximum absolute atomic E-state index is 13.8. The van der Waals surface area contributed by atoms with Gasteiger partial charge in [0.2, 0.25) is 14.2 Å². The molecule has 1 aliphatic heterocycles. The molecule has 4 nitrogen and oxygen atoms in total. The van der Waals surface area contributed by atoms with E-state index in [9.17, 15) is 13.6 Å². The summed E-state index contributed by atoms with van der Waals surface area (Å²) in [7, 11) is -4.18. The minimum atomic E-state index is -2.17. The molecule has 0 saturated carbocycles. The lowest BCUT2D eigenvalue weighted by molar-refractivity contribution is -0.131. The molecule has 0 unspecified atom stereocenters. The Balaban J connectivity index is 1.63. The first-order chi connectivity index (χ1) is 20.3. The highest BCUT2D eigenvalue weighted by Gasteiger charge is 2.49. The fourth-order valence-electron chi connectivity index (χ4n) is 5.12. The van der Waals surface area contributed by atoms with E-state index in [1.807, 2.05) is 24.3 Å². The van der Waals surface area contributed by atoms with Crippen molar-refractivity contribution in [1.82, 2.24) is 0 Å². The average molecular weight is 638 g/mol. The predicted molar refractivity (Wildman–Crippen MR) is 181 cm³/mol. The maximum Gasteiger partial charge on any atom is 0.250 e. The van der Waals surface area contributed by atoms with Crippen LogP contribution in [0, 0.1) is 17.6 Å². The van der Waals surface area contributed by atoms with Crippen LogP contribution in [-0.4, -0.2) is 22.5 Å². The number of anilines is 1. The van der Waals surface area contributed by atoms with Gasteiger partial charge in [-0.3, -0.25) is 4.79 Å². The zero-order valence-electron chi connectivity index (χ0n) is 28.0. The molecule has 3 atom stereocenters. The van der Waals surface area contributed by atoms with Crippen molar-refractivity contribution < 1.29 is 22.4 Å². The van der Waals surface area contributed by atoms with Gasteiger partial charge in [-0.1, -0.05) is 65.8 Å². The number of hydrogen-bond donors (Lipinski definition) is 0. The van der Waals surface area contributed by atoms with Crippen molar-refractivity contribution in [3.63, 3.8) is 0 Å². The number of carbonyl (C=O) groups excluding carboxylic acids is 1. The summed E-state index contributed by atoms with van der Waals surface area (Å²) in [6.07, 6.45) is 0.958. The molecule has 44 heavy (non-hydrogen) atoms. The standard InChI is InChI=1S/C36H49F2NO3Si2/c1-35(2,3)43(7,8)41-30-21-13-26(14-22-30)33-31(34(40)39(33)29-19-17-28(38)18-20-29)23-24-32(25-11-15-27(37)16-12-25)42-44(9,10)36(4,5)6/h11-22,31-33H,23-24H2,1-10H3/t31-,32+,33-/m1/s1. The zero-order valence-corrected chi connectivity index (χ0v) is 30.0. The largest absolute Gasteiger partial charge is 0.544 e. The Labute approximate surface area is 265 Å². The van der Waals surface area contributed by atoms with Crippen molar-refractivity contribution >= 4 is 28.2 Å². The number of β-lactam (4-membered cyclic amide) rings is 1. The smallest absolute Gasteiger partial charge is 0.250 e. The first kappa shape index (κ1) is 34.1. The van der Waals surface area contributed by atoms with Gasteiger partial charge < -0.3 is 13.8 Å². The molecular weight excluding hydrogens is 589 g/mol. The molecule has 1 fully saturated rings. The van der Waals surface area contributed by atoms with E-state index in [0.717, 1.165) is 16.9 Å². The van der Waals surface area contributed by atoms with Gasteiger partial charge in [0.05, 0.1) is 18.1 Å². The Kier molecular flexibility index (Phi) is 9.70. The Morgan fingerprint density at radius 2 is 1.25 bits per heavy atom. The van der Waals surface area contributed by atoms with Crippen LogP contribution in [0.1, 0.15) is 77.7 Å². The van der Waals surface area contributed by atoms with Crippen LogP contribution >= 0.6 is 0 Å². The highest BCUT2D eigenvalue weighted by molar-refractivity contribution is 6.75. The van der Waals surface area contributed by atoms with Crippen LogP contribution in [0.5, 0.6) is 5.75 Å². The number of amides is 1. The maximum atomic E-state index is 13.8. The monoisotopic (exact) mass is 637 g/mol. The van der Waals surface area contributed by atoms with Crippen LogP contribution < -0.4 is 9.33 Å². The summed E-state index contributed by atoms with van der Waals surface area (Å²) >= 11 is 0. The van der Waals surface area contributed by atoms with Crippen molar-refractivity contribution in [2.45, 2.75) is 103 Å². The Morgan fingerprint density at radius 3 is 1.75 bits per heavy atom. The molecule has 1 aliphatic rings. The van der Waals surface area contributed by atoms with Gasteiger partial charge in [0, 0.05) is 5.69 Å². The molecule has 3 aromatic carbocycles. The number of nitrogens with zero attached hydrogens (tertiary/aromatic N) is 1.